The molecule has 0 spiro atoms. The van der Waals surface area contributed by atoms with Gasteiger partial charge in [-0.3, -0.25) is 0 Å². The van der Waals surface area contributed by atoms with Crippen LogP contribution >= 0.6 is 0 Å². The van der Waals surface area contributed by atoms with Gasteiger partial charge in [-0.25, -0.2) is 0 Å². The highest BCUT2D eigenvalue weighted by atomic mass is 14.5. The Morgan fingerprint density at radius 3 is 1.05 bits per heavy atom. The van der Waals surface area contributed by atoms with E-state index in [1.54, 1.807) is 0 Å². The first-order valence-corrected chi connectivity index (χ1v) is 27.5. The van der Waals surface area contributed by atoms with Crippen LogP contribution < -0.4 is 0 Å². The molecular weight excluding hydrogens is 925 g/mol. The summed E-state index contributed by atoms with van der Waals surface area (Å²) >= 11 is 0. The maximum atomic E-state index is 2.74. The molecule has 0 amide bonds. The van der Waals surface area contributed by atoms with Crippen LogP contribution in [0.15, 0.2) is 278 Å². The zero-order valence-corrected chi connectivity index (χ0v) is 42.5. The maximum Gasteiger partial charge on any atom is 0.0500 e. The molecule has 0 aromatic heterocycles. The molecule has 0 heterocycles. The number of benzene rings is 12. The Balaban J connectivity index is 1.05. The first-order chi connectivity index (χ1) is 38.2. The average Bonchev–Trinajstić information content (AvgIpc) is 4.19. The van der Waals surface area contributed by atoms with Crippen molar-refractivity contribution in [3.8, 4) is 33.4 Å². The summed E-state index contributed by atoms with van der Waals surface area (Å²) in [6, 6.07) is 82.8. The zero-order valence-electron chi connectivity index (χ0n) is 42.5. The molecule has 1 atom stereocenters. The van der Waals surface area contributed by atoms with E-state index in [0.29, 0.717) is 5.92 Å². The third-order valence-corrected chi connectivity index (χ3v) is 18.1. The van der Waals surface area contributed by atoms with E-state index in [4.69, 9.17) is 0 Å². The third-order valence-electron chi connectivity index (χ3n) is 18.1. The van der Waals surface area contributed by atoms with Crippen molar-refractivity contribution in [2.75, 3.05) is 0 Å². The smallest absolute Gasteiger partial charge is 0.0500 e. The highest BCUT2D eigenvalue weighted by Crippen LogP contribution is 2.61. The summed E-state index contributed by atoms with van der Waals surface area (Å²) in [5, 5.41) is 15.3. The molecule has 12 aromatic rings. The van der Waals surface area contributed by atoms with Gasteiger partial charge in [0.1, 0.15) is 0 Å². The monoisotopic (exact) mass is 974 g/mol. The van der Waals surface area contributed by atoms with Crippen LogP contribution in [-0.2, 0) is 5.41 Å². The number of hydrogen-bond donors (Lipinski definition) is 0. The fourth-order valence-corrected chi connectivity index (χ4v) is 14.6. The number of rotatable bonds is 5. The van der Waals surface area contributed by atoms with Crippen LogP contribution in [0.3, 0.4) is 0 Å². The highest BCUT2D eigenvalue weighted by Gasteiger charge is 2.48. The molecule has 0 heteroatoms. The molecule has 1 unspecified atom stereocenters. The van der Waals surface area contributed by atoms with E-state index in [9.17, 15) is 0 Å². The molecule has 1 saturated carbocycles. The Kier molecular flexibility index (Phi) is 9.10. The predicted octanol–water partition coefficient (Wildman–Crippen LogP) is 20.1. The van der Waals surface area contributed by atoms with Crippen LogP contribution in [0.1, 0.15) is 46.2 Å². The summed E-state index contributed by atoms with van der Waals surface area (Å²) in [7, 11) is 0. The van der Waals surface area contributed by atoms with Crippen molar-refractivity contribution < 1.29 is 0 Å². The second-order valence-electron chi connectivity index (χ2n) is 22.1. The van der Waals surface area contributed by atoms with E-state index >= 15 is 0 Å². The molecule has 0 N–H and O–H groups in total. The number of fused-ring (bicyclic) bond motifs is 21. The van der Waals surface area contributed by atoms with E-state index < -0.39 is 5.41 Å². The van der Waals surface area contributed by atoms with Crippen molar-refractivity contribution in [1.29, 1.82) is 0 Å². The minimum absolute atomic E-state index is 0.00528. The normalized spacial score (nSPS) is 16.3. The van der Waals surface area contributed by atoms with Gasteiger partial charge in [0.2, 0.25) is 0 Å². The molecule has 12 aromatic carbocycles. The standard InChI is InChI=1S/C77H50/c1-8-22-56(45-55(21-1)48-29-30-48)77(69-41-35-53-19-6-13-27-61(53)75(69)76-62-28-14-7-20-54(62)36-42-70(76)77)46-47(43-67-63-37-31-49-15-2-9-23-57(49)71(63)72-58-24-10-3-16-50(58)32-38-64(67)72)44-68-65-39-33-51-17-4-11-25-59(51)73(65)74-60-26-12-5-18-52(60)34-40-66(68)74/h1-28,31-46,48,56H,29-30H2. The number of allylic oxidation sites excluding steroid dienone is 10. The molecular formula is C77H50. The Morgan fingerprint density at radius 2 is 0.688 bits per heavy atom. The average molecular weight is 975 g/mol. The van der Waals surface area contributed by atoms with Crippen molar-refractivity contribution in [2.24, 2.45) is 11.8 Å². The summed E-state index contributed by atoms with van der Waals surface area (Å²) < 4.78 is 0. The second kappa shape index (κ2) is 16.3. The fraction of sp³-hybridized carbons (Fsp3) is 0.0649. The Hall–Kier alpha value is -9.36. The highest BCUT2D eigenvalue weighted by molar-refractivity contribution is 6.21. The van der Waals surface area contributed by atoms with E-state index in [-0.39, 0.29) is 5.92 Å². The van der Waals surface area contributed by atoms with Crippen LogP contribution in [0.2, 0.25) is 0 Å². The maximum absolute atomic E-state index is 2.74. The van der Waals surface area contributed by atoms with Gasteiger partial charge in [-0.1, -0.05) is 255 Å². The lowest BCUT2D eigenvalue weighted by atomic mass is 9.66. The van der Waals surface area contributed by atoms with Crippen molar-refractivity contribution in [3.63, 3.8) is 0 Å². The third kappa shape index (κ3) is 6.22. The fourth-order valence-electron chi connectivity index (χ4n) is 14.6. The van der Waals surface area contributed by atoms with Crippen LogP contribution in [0.25, 0.3) is 109 Å². The van der Waals surface area contributed by atoms with Gasteiger partial charge < -0.3 is 0 Å². The molecule has 0 saturated heterocycles. The molecule has 17 rings (SSSR count). The van der Waals surface area contributed by atoms with E-state index in [1.807, 2.05) is 0 Å². The SMILES string of the molecule is C1=CC(C2CC2)=CC(C2(C=C(C=C3c4ccc5ccccc5c4-c4c3ccc3ccccc43)C=C3c4ccc5ccccc5c4-c4c3ccc3ccccc43)c3ccc4ccccc4c3-c3c2ccc2ccccc32)C=C1. The van der Waals surface area contributed by atoms with E-state index in [1.165, 1.54) is 167 Å². The summed E-state index contributed by atoms with van der Waals surface area (Å²) in [4.78, 5) is 0. The predicted molar refractivity (Wildman–Crippen MR) is 326 cm³/mol. The first-order valence-electron chi connectivity index (χ1n) is 27.5. The van der Waals surface area contributed by atoms with E-state index in [2.05, 4.69) is 267 Å². The van der Waals surface area contributed by atoms with Crippen LogP contribution in [0.4, 0.5) is 0 Å². The molecule has 0 nitrogen and oxygen atoms in total. The quantitative estimate of drug-likeness (QED) is 0.161. The largest absolute Gasteiger partial charge is 0.0761 e. The molecule has 0 radical (unpaired) electrons. The lowest BCUT2D eigenvalue weighted by Gasteiger charge is -2.36. The Labute approximate surface area is 448 Å². The van der Waals surface area contributed by atoms with Gasteiger partial charge in [0.15, 0.2) is 0 Å². The van der Waals surface area contributed by atoms with Gasteiger partial charge >= 0.3 is 0 Å². The van der Waals surface area contributed by atoms with Gasteiger partial charge in [0, 0.05) is 5.92 Å². The molecule has 1 fully saturated rings. The summed E-state index contributed by atoms with van der Waals surface area (Å²) in [5.74, 6) is 0.577. The zero-order chi connectivity index (χ0) is 50.3. The Bertz CT molecular complexity index is 4360. The van der Waals surface area contributed by atoms with Crippen molar-refractivity contribution >= 4 is 75.8 Å². The Morgan fingerprint density at radius 1 is 0.351 bits per heavy atom. The molecule has 0 aliphatic heterocycles. The van der Waals surface area contributed by atoms with Crippen molar-refractivity contribution in [2.45, 2.75) is 18.3 Å². The topological polar surface area (TPSA) is 0 Å². The minimum atomic E-state index is -0.626. The van der Waals surface area contributed by atoms with Crippen LogP contribution in [0, 0.1) is 11.8 Å². The molecule has 5 aliphatic carbocycles. The second-order valence-corrected chi connectivity index (χ2v) is 22.1. The molecule has 0 bridgehead atoms. The summed E-state index contributed by atoms with van der Waals surface area (Å²) in [5.41, 5.74) is 20.3. The van der Waals surface area contributed by atoms with E-state index in [0.717, 1.165) is 0 Å². The van der Waals surface area contributed by atoms with Gasteiger partial charge in [-0.2, -0.15) is 0 Å². The van der Waals surface area contributed by atoms with Gasteiger partial charge in [0.05, 0.1) is 5.41 Å². The minimum Gasteiger partial charge on any atom is -0.0761 e. The van der Waals surface area contributed by atoms with Gasteiger partial charge in [-0.15, -0.1) is 0 Å². The van der Waals surface area contributed by atoms with Crippen molar-refractivity contribution in [3.05, 3.63) is 312 Å². The first kappa shape index (κ1) is 42.9. The van der Waals surface area contributed by atoms with Gasteiger partial charge in [-0.05, 0) is 185 Å². The molecule has 5 aliphatic rings. The lowest BCUT2D eigenvalue weighted by molar-refractivity contribution is 0.553. The van der Waals surface area contributed by atoms with Crippen LogP contribution in [-0.4, -0.2) is 0 Å². The lowest BCUT2D eigenvalue weighted by Crippen LogP contribution is -2.31. The summed E-state index contributed by atoms with van der Waals surface area (Å²) in [6.45, 7) is 0. The van der Waals surface area contributed by atoms with Crippen LogP contribution in [0.5, 0.6) is 0 Å². The summed E-state index contributed by atoms with van der Waals surface area (Å²) in [6.07, 6.45) is 22.6. The number of hydrogen-bond acceptors (Lipinski definition) is 0. The van der Waals surface area contributed by atoms with Gasteiger partial charge in [0.25, 0.3) is 0 Å². The van der Waals surface area contributed by atoms with Crippen molar-refractivity contribution in [1.82, 2.24) is 0 Å². The molecule has 358 valence electrons. The molecule has 77 heavy (non-hydrogen) atoms.